The lowest BCUT2D eigenvalue weighted by Crippen LogP contribution is -2.46. The van der Waals surface area contributed by atoms with Gasteiger partial charge in [-0.15, -0.1) is 0 Å². The molecule has 0 radical (unpaired) electrons. The molecule has 200 valence electrons. The molecule has 1 aromatic rings. The van der Waals surface area contributed by atoms with Crippen molar-refractivity contribution in [2.24, 2.45) is 0 Å². The van der Waals surface area contributed by atoms with Gasteiger partial charge in [-0.25, -0.2) is 0 Å². The van der Waals surface area contributed by atoms with Gasteiger partial charge in [0.15, 0.2) is 11.5 Å². The summed E-state index contributed by atoms with van der Waals surface area (Å²) < 4.78 is 51.9. The van der Waals surface area contributed by atoms with Crippen LogP contribution in [0.2, 0.25) is 0 Å². The Kier molecular flexibility index (Phi) is 12.1. The number of carbonyl (C=O) groups excluding carboxylic acids is 1. The molecule has 10 heteroatoms. The van der Waals surface area contributed by atoms with Crippen molar-refractivity contribution in [3.8, 4) is 11.5 Å². The molecule has 2 aliphatic heterocycles. The van der Waals surface area contributed by atoms with E-state index in [9.17, 15) is 23.1 Å². The van der Waals surface area contributed by atoms with Gasteiger partial charge in [0.05, 0.1) is 6.04 Å². The van der Waals surface area contributed by atoms with Gasteiger partial charge in [-0.3, -0.25) is 4.79 Å². The van der Waals surface area contributed by atoms with Crippen LogP contribution in [0.25, 0.3) is 0 Å². The second-order valence-electron chi connectivity index (χ2n) is 8.86. The zero-order valence-corrected chi connectivity index (χ0v) is 19.4. The maximum atomic E-state index is 12.6. The van der Waals surface area contributed by atoms with Crippen molar-refractivity contribution in [3.05, 3.63) is 23.8 Å². The van der Waals surface area contributed by atoms with Crippen LogP contribution in [-0.4, -0.2) is 74.2 Å². The highest BCUT2D eigenvalue weighted by Gasteiger charge is 2.28. The first-order valence-electron chi connectivity index (χ1n) is 12.1. The number of fused-ring (bicyclic) bond motifs is 1. The smallest absolute Gasteiger partial charge is 0.411 e. The summed E-state index contributed by atoms with van der Waals surface area (Å²) in [7, 11) is 0. The highest BCUT2D eigenvalue weighted by Crippen LogP contribution is 2.33. The number of aliphatic hydroxyl groups excluding tert-OH is 1. The fourth-order valence-electron chi connectivity index (χ4n) is 4.25. The molecule has 35 heavy (non-hydrogen) atoms. The Labute approximate surface area is 205 Å². The Hall–Kier alpha value is -2.04. The van der Waals surface area contributed by atoms with Crippen LogP contribution < -0.4 is 14.8 Å². The molecule has 1 aromatic carbocycles. The van der Waals surface area contributed by atoms with Crippen LogP contribution >= 0.6 is 0 Å². The summed E-state index contributed by atoms with van der Waals surface area (Å²) in [6.45, 7) is 2.22. The fourth-order valence-corrected chi connectivity index (χ4v) is 4.25. The molecule has 1 amide bonds. The summed E-state index contributed by atoms with van der Waals surface area (Å²) in [6, 6.07) is 4.87. The number of alkyl halides is 3. The number of carbonyl (C=O) groups is 1. The van der Waals surface area contributed by atoms with E-state index in [-0.39, 0.29) is 19.9 Å². The Bertz CT molecular complexity index is 772. The van der Waals surface area contributed by atoms with Crippen molar-refractivity contribution in [3.63, 3.8) is 0 Å². The lowest BCUT2D eigenvalue weighted by molar-refractivity contribution is -0.174. The molecule has 2 heterocycles. The van der Waals surface area contributed by atoms with Gasteiger partial charge >= 0.3 is 6.18 Å². The molecule has 0 bridgehead atoms. The van der Waals surface area contributed by atoms with E-state index in [2.05, 4.69) is 15.0 Å². The molecule has 0 unspecified atom stereocenters. The van der Waals surface area contributed by atoms with Crippen LogP contribution in [0.5, 0.6) is 11.5 Å². The molecule has 2 aliphatic rings. The number of halogens is 3. The van der Waals surface area contributed by atoms with E-state index in [4.69, 9.17) is 9.47 Å². The number of amides is 1. The number of rotatable bonds is 13. The number of ether oxygens (including phenoxy) is 3. The third kappa shape index (κ3) is 10.2. The summed E-state index contributed by atoms with van der Waals surface area (Å²) in [6.07, 6.45) is -0.110. The predicted octanol–water partition coefficient (Wildman–Crippen LogP) is 4.24. The van der Waals surface area contributed by atoms with Crippen molar-refractivity contribution in [1.29, 1.82) is 0 Å². The van der Waals surface area contributed by atoms with Crippen LogP contribution in [0.15, 0.2) is 18.2 Å². The molecule has 0 aromatic heterocycles. The average Bonchev–Trinajstić information content (AvgIpc) is 3.32. The van der Waals surface area contributed by atoms with Crippen LogP contribution in [0, 0.1) is 0 Å². The standard InChI is InChI=1S/C24H35F3N2O5.CH4/c25-24(26,27)17-32-12-6-2-1-3-7-22(30)28-19(16-29-10-4-5-11-29)23(31)18-8-9-20-21(15-18)34-14-13-33-20;/h8-9,15,19,23,31H,1-7,10-14,16-17H2,(H,28,30);1H4/t19-,23-;/m1./s1. The van der Waals surface area contributed by atoms with E-state index in [1.165, 1.54) is 0 Å². The number of likely N-dealkylation sites (tertiary alicyclic amines) is 1. The first kappa shape index (κ1) is 29.2. The highest BCUT2D eigenvalue weighted by atomic mass is 19.4. The maximum absolute atomic E-state index is 12.6. The first-order valence-corrected chi connectivity index (χ1v) is 12.1. The molecule has 1 saturated heterocycles. The largest absolute Gasteiger partial charge is 0.486 e. The molecule has 7 nitrogen and oxygen atoms in total. The third-order valence-electron chi connectivity index (χ3n) is 6.00. The average molecular weight is 505 g/mol. The molecule has 0 aliphatic carbocycles. The summed E-state index contributed by atoms with van der Waals surface area (Å²) in [5.41, 5.74) is 0.660. The van der Waals surface area contributed by atoms with Crippen molar-refractivity contribution in [2.75, 3.05) is 46.1 Å². The van der Waals surface area contributed by atoms with E-state index in [1.807, 2.05) is 0 Å². The number of hydrogen-bond acceptors (Lipinski definition) is 6. The van der Waals surface area contributed by atoms with E-state index >= 15 is 0 Å². The lowest BCUT2D eigenvalue weighted by atomic mass is 10.0. The summed E-state index contributed by atoms with van der Waals surface area (Å²) in [5, 5.41) is 14.1. The number of unbranched alkanes of at least 4 members (excludes halogenated alkanes) is 3. The Morgan fingerprint density at radius 2 is 1.77 bits per heavy atom. The minimum absolute atomic E-state index is 0. The fraction of sp³-hybridized carbons (Fsp3) is 0.720. The van der Waals surface area contributed by atoms with E-state index in [0.717, 1.165) is 32.4 Å². The van der Waals surface area contributed by atoms with Crippen LogP contribution in [0.3, 0.4) is 0 Å². The minimum atomic E-state index is -4.30. The topological polar surface area (TPSA) is 80.3 Å². The normalized spacial score (nSPS) is 17.5. The molecular weight excluding hydrogens is 465 g/mol. The second-order valence-corrected chi connectivity index (χ2v) is 8.86. The van der Waals surface area contributed by atoms with Gasteiger partial charge in [-0.2, -0.15) is 13.2 Å². The number of nitrogens with one attached hydrogen (secondary N) is 1. The molecule has 2 N–H and O–H groups in total. The molecule has 0 spiro atoms. The van der Waals surface area contributed by atoms with Crippen molar-refractivity contribution in [1.82, 2.24) is 10.2 Å². The number of aliphatic hydroxyl groups is 1. The lowest BCUT2D eigenvalue weighted by Gasteiger charge is -2.29. The van der Waals surface area contributed by atoms with Gasteiger partial charge in [0.1, 0.15) is 25.9 Å². The van der Waals surface area contributed by atoms with Gasteiger partial charge in [0.2, 0.25) is 5.91 Å². The van der Waals surface area contributed by atoms with Gasteiger partial charge in [-0.1, -0.05) is 26.3 Å². The maximum Gasteiger partial charge on any atom is 0.411 e. The Morgan fingerprint density at radius 1 is 1.09 bits per heavy atom. The predicted molar refractivity (Wildman–Crippen MR) is 127 cm³/mol. The van der Waals surface area contributed by atoms with Crippen LogP contribution in [0.1, 0.15) is 64.0 Å². The Morgan fingerprint density at radius 3 is 2.49 bits per heavy atom. The zero-order valence-electron chi connectivity index (χ0n) is 19.4. The zero-order chi connectivity index (χ0) is 24.4. The van der Waals surface area contributed by atoms with Gasteiger partial charge in [0, 0.05) is 19.6 Å². The van der Waals surface area contributed by atoms with E-state index < -0.39 is 24.9 Å². The second kappa shape index (κ2) is 14.5. The van der Waals surface area contributed by atoms with Gasteiger partial charge < -0.3 is 29.5 Å². The van der Waals surface area contributed by atoms with Crippen LogP contribution in [0.4, 0.5) is 13.2 Å². The molecule has 0 saturated carbocycles. The van der Waals surface area contributed by atoms with E-state index in [1.54, 1.807) is 18.2 Å². The van der Waals surface area contributed by atoms with E-state index in [0.29, 0.717) is 62.5 Å². The minimum Gasteiger partial charge on any atom is -0.486 e. The number of hydrogen-bond donors (Lipinski definition) is 2. The molecular formula is C25H39F3N2O5. The number of nitrogens with zero attached hydrogens (tertiary/aromatic N) is 1. The first-order chi connectivity index (χ1) is 16.3. The third-order valence-corrected chi connectivity index (χ3v) is 6.00. The summed E-state index contributed by atoms with van der Waals surface area (Å²) >= 11 is 0. The SMILES string of the molecule is C.O=C(CCCCCCOCC(F)(F)F)N[C@H](CN1CCCC1)[C@H](O)c1ccc2c(c1)OCCO2. The quantitative estimate of drug-likeness (QED) is 0.391. The Balaban J connectivity index is 0.00000432. The monoisotopic (exact) mass is 504 g/mol. The summed E-state index contributed by atoms with van der Waals surface area (Å²) in [5.74, 6) is 1.09. The molecule has 3 rings (SSSR count). The molecule has 2 atom stereocenters. The van der Waals surface area contributed by atoms with Gasteiger partial charge in [0.25, 0.3) is 0 Å². The molecule has 1 fully saturated rings. The van der Waals surface area contributed by atoms with Crippen molar-refractivity contribution >= 4 is 5.91 Å². The highest BCUT2D eigenvalue weighted by molar-refractivity contribution is 5.76. The van der Waals surface area contributed by atoms with Gasteiger partial charge in [-0.05, 0) is 56.5 Å². The van der Waals surface area contributed by atoms with Crippen molar-refractivity contribution < 1.29 is 37.3 Å². The summed E-state index contributed by atoms with van der Waals surface area (Å²) in [4.78, 5) is 14.8. The van der Waals surface area contributed by atoms with Crippen LogP contribution in [-0.2, 0) is 9.53 Å². The number of benzene rings is 1. The van der Waals surface area contributed by atoms with Crippen molar-refractivity contribution in [2.45, 2.75) is 70.7 Å².